The zero-order valence-corrected chi connectivity index (χ0v) is 10.5. The van der Waals surface area contributed by atoms with Gasteiger partial charge < -0.3 is 5.73 Å². The number of hydrogen-bond acceptors (Lipinski definition) is 2. The van der Waals surface area contributed by atoms with Crippen molar-refractivity contribution in [2.24, 2.45) is 5.92 Å². The molecule has 2 nitrogen and oxygen atoms in total. The van der Waals surface area contributed by atoms with Crippen LogP contribution in [0.3, 0.4) is 0 Å². The highest BCUT2D eigenvalue weighted by Gasteiger charge is 2.12. The number of rotatable bonds is 5. The third-order valence-electron chi connectivity index (χ3n) is 2.43. The Labute approximate surface area is 98.5 Å². The van der Waals surface area contributed by atoms with E-state index in [1.54, 1.807) is 0 Å². The van der Waals surface area contributed by atoms with Crippen LogP contribution in [0.25, 0.3) is 0 Å². The van der Waals surface area contributed by atoms with Crippen molar-refractivity contribution in [1.82, 2.24) is 0 Å². The molecule has 0 spiro atoms. The van der Waals surface area contributed by atoms with Crippen molar-refractivity contribution in [1.29, 1.82) is 0 Å². The summed E-state index contributed by atoms with van der Waals surface area (Å²) in [6, 6.07) is 4.03. The van der Waals surface area contributed by atoms with Crippen LogP contribution in [-0.2, 0) is 10.8 Å². The smallest absolute Gasteiger partial charge is 0.125 e. The average molecular weight is 243 g/mol. The predicted octanol–water partition coefficient (Wildman–Crippen LogP) is 2.95. The minimum absolute atomic E-state index is 0.280. The van der Waals surface area contributed by atoms with Crippen molar-refractivity contribution in [2.75, 3.05) is 11.5 Å². The lowest BCUT2D eigenvalue weighted by Crippen LogP contribution is -2.09. The Morgan fingerprint density at radius 2 is 2.19 bits per heavy atom. The van der Waals surface area contributed by atoms with Gasteiger partial charge in [-0.2, -0.15) is 0 Å². The molecule has 2 atom stereocenters. The van der Waals surface area contributed by atoms with E-state index in [-0.39, 0.29) is 11.5 Å². The Hall–Kier alpha value is -0.900. The van der Waals surface area contributed by atoms with Crippen molar-refractivity contribution in [2.45, 2.75) is 31.6 Å². The normalized spacial score (nSPS) is 14.7. The Bertz CT molecular complexity index is 381. The first-order valence-corrected chi connectivity index (χ1v) is 6.80. The molecule has 0 aliphatic rings. The summed E-state index contributed by atoms with van der Waals surface area (Å²) in [5.41, 5.74) is 5.92. The maximum Gasteiger partial charge on any atom is 0.125 e. The number of anilines is 1. The molecule has 2 unspecified atom stereocenters. The van der Waals surface area contributed by atoms with Crippen molar-refractivity contribution in [3.8, 4) is 0 Å². The monoisotopic (exact) mass is 243 g/mol. The standard InChI is InChI=1S/C12H18FNOS/c1-3-4-9(2)8-16(15)12-6-5-10(13)7-11(12)14/h5-7,9H,3-4,8,14H2,1-2H3. The highest BCUT2D eigenvalue weighted by molar-refractivity contribution is 7.85. The second kappa shape index (κ2) is 5.99. The van der Waals surface area contributed by atoms with Gasteiger partial charge in [0, 0.05) is 5.75 Å². The number of nitrogen functional groups attached to an aromatic ring is 1. The molecule has 4 heteroatoms. The predicted molar refractivity (Wildman–Crippen MR) is 66.2 cm³/mol. The molecule has 1 rings (SSSR count). The average Bonchev–Trinajstić information content (AvgIpc) is 2.17. The molecule has 0 saturated carbocycles. The molecule has 0 bridgehead atoms. The van der Waals surface area contributed by atoms with E-state index in [1.807, 2.05) is 0 Å². The van der Waals surface area contributed by atoms with Crippen LogP contribution in [0.5, 0.6) is 0 Å². The molecule has 90 valence electrons. The van der Waals surface area contributed by atoms with Crippen LogP contribution in [0.2, 0.25) is 0 Å². The fraction of sp³-hybridized carbons (Fsp3) is 0.500. The molecule has 1 aromatic rings. The fourth-order valence-corrected chi connectivity index (χ4v) is 3.06. The summed E-state index contributed by atoms with van der Waals surface area (Å²) in [6.07, 6.45) is 2.13. The summed E-state index contributed by atoms with van der Waals surface area (Å²) in [4.78, 5) is 0.546. The molecule has 0 radical (unpaired) electrons. The quantitative estimate of drug-likeness (QED) is 0.808. The highest BCUT2D eigenvalue weighted by atomic mass is 32.2. The third-order valence-corrected chi connectivity index (χ3v) is 4.17. The number of hydrogen-bond donors (Lipinski definition) is 1. The van der Waals surface area contributed by atoms with Gasteiger partial charge in [-0.3, -0.25) is 4.21 Å². The van der Waals surface area contributed by atoms with Crippen LogP contribution in [0.4, 0.5) is 10.1 Å². The van der Waals surface area contributed by atoms with Gasteiger partial charge in [0.15, 0.2) is 0 Å². The van der Waals surface area contributed by atoms with Gasteiger partial charge in [-0.05, 0) is 24.1 Å². The Balaban J connectivity index is 2.73. The van der Waals surface area contributed by atoms with E-state index < -0.39 is 10.8 Å². The number of benzene rings is 1. The van der Waals surface area contributed by atoms with Crippen LogP contribution in [0.15, 0.2) is 23.1 Å². The van der Waals surface area contributed by atoms with Gasteiger partial charge in [-0.25, -0.2) is 4.39 Å². The van der Waals surface area contributed by atoms with E-state index in [9.17, 15) is 8.60 Å². The SMILES string of the molecule is CCCC(C)CS(=O)c1ccc(F)cc1N. The molecular formula is C12H18FNOS. The van der Waals surface area contributed by atoms with E-state index in [0.29, 0.717) is 16.6 Å². The van der Waals surface area contributed by atoms with Gasteiger partial charge in [0.05, 0.1) is 21.4 Å². The topological polar surface area (TPSA) is 43.1 Å². The maximum absolute atomic E-state index is 12.8. The van der Waals surface area contributed by atoms with Gasteiger partial charge in [0.2, 0.25) is 0 Å². The molecule has 0 aliphatic heterocycles. The van der Waals surface area contributed by atoms with Gasteiger partial charge in [0.1, 0.15) is 5.82 Å². The lowest BCUT2D eigenvalue weighted by Gasteiger charge is -2.11. The van der Waals surface area contributed by atoms with Crippen molar-refractivity contribution in [3.05, 3.63) is 24.0 Å². The van der Waals surface area contributed by atoms with Gasteiger partial charge in [-0.1, -0.05) is 26.7 Å². The van der Waals surface area contributed by atoms with E-state index in [0.717, 1.165) is 12.8 Å². The molecular weight excluding hydrogens is 225 g/mol. The Kier molecular flexibility index (Phi) is 4.93. The lowest BCUT2D eigenvalue weighted by molar-refractivity contribution is 0.574. The van der Waals surface area contributed by atoms with Gasteiger partial charge in [0.25, 0.3) is 0 Å². The summed E-state index contributed by atoms with van der Waals surface area (Å²) in [7, 11) is -1.13. The first-order chi connectivity index (χ1) is 7.54. The van der Waals surface area contributed by atoms with Crippen LogP contribution in [0, 0.1) is 11.7 Å². The van der Waals surface area contributed by atoms with Crippen molar-refractivity contribution in [3.63, 3.8) is 0 Å². The number of nitrogens with two attached hydrogens (primary N) is 1. The van der Waals surface area contributed by atoms with Crippen LogP contribution in [-0.4, -0.2) is 9.96 Å². The largest absolute Gasteiger partial charge is 0.398 e. The van der Waals surface area contributed by atoms with E-state index in [2.05, 4.69) is 13.8 Å². The summed E-state index contributed by atoms with van der Waals surface area (Å²) in [6.45, 7) is 4.17. The van der Waals surface area contributed by atoms with E-state index in [1.165, 1.54) is 18.2 Å². The van der Waals surface area contributed by atoms with Crippen LogP contribution < -0.4 is 5.73 Å². The lowest BCUT2D eigenvalue weighted by atomic mass is 10.1. The minimum atomic E-state index is -1.13. The number of halogens is 1. The van der Waals surface area contributed by atoms with Crippen LogP contribution in [0.1, 0.15) is 26.7 Å². The van der Waals surface area contributed by atoms with Gasteiger partial charge in [-0.15, -0.1) is 0 Å². The maximum atomic E-state index is 12.8. The fourth-order valence-electron chi connectivity index (χ4n) is 1.65. The van der Waals surface area contributed by atoms with Crippen molar-refractivity contribution < 1.29 is 8.60 Å². The molecule has 0 amide bonds. The van der Waals surface area contributed by atoms with Crippen LogP contribution >= 0.6 is 0 Å². The molecule has 2 N–H and O–H groups in total. The molecule has 0 aliphatic carbocycles. The first-order valence-electron chi connectivity index (χ1n) is 5.48. The zero-order chi connectivity index (χ0) is 12.1. The zero-order valence-electron chi connectivity index (χ0n) is 9.70. The molecule has 16 heavy (non-hydrogen) atoms. The van der Waals surface area contributed by atoms with Gasteiger partial charge >= 0.3 is 0 Å². The Morgan fingerprint density at radius 3 is 2.75 bits per heavy atom. The summed E-state index contributed by atoms with van der Waals surface area (Å²) in [5, 5.41) is 0. The first kappa shape index (κ1) is 13.2. The van der Waals surface area contributed by atoms with Crippen molar-refractivity contribution >= 4 is 16.5 Å². The second-order valence-electron chi connectivity index (χ2n) is 4.09. The summed E-state index contributed by atoms with van der Waals surface area (Å²) >= 11 is 0. The minimum Gasteiger partial charge on any atom is -0.398 e. The second-order valence-corrected chi connectivity index (χ2v) is 5.55. The third kappa shape index (κ3) is 3.59. The molecule has 0 aromatic heterocycles. The molecule has 1 aromatic carbocycles. The molecule has 0 heterocycles. The highest BCUT2D eigenvalue weighted by Crippen LogP contribution is 2.20. The molecule has 0 saturated heterocycles. The van der Waals surface area contributed by atoms with E-state index in [4.69, 9.17) is 5.73 Å². The van der Waals surface area contributed by atoms with E-state index >= 15 is 0 Å². The summed E-state index contributed by atoms with van der Waals surface area (Å²) in [5.74, 6) is 0.596. The molecule has 0 fully saturated rings. The summed E-state index contributed by atoms with van der Waals surface area (Å²) < 4.78 is 24.8. The Morgan fingerprint density at radius 1 is 1.50 bits per heavy atom.